The van der Waals surface area contributed by atoms with Gasteiger partial charge in [0, 0.05) is 15.4 Å². The van der Waals surface area contributed by atoms with Crippen molar-refractivity contribution in [2.75, 3.05) is 6.61 Å². The van der Waals surface area contributed by atoms with Gasteiger partial charge >= 0.3 is 0 Å². The van der Waals surface area contributed by atoms with Crippen LogP contribution in [0.1, 0.15) is 69.2 Å². The van der Waals surface area contributed by atoms with E-state index in [1.165, 1.54) is 24.0 Å². The first kappa shape index (κ1) is 24.0. The largest absolute Gasteiger partial charge is 0.493 e. The standard InChI is InChI=1S/C26H36OS2/c1-18(2)7-6-8-21-11-14-24(27-16-15-19(3)4)23(17-21)26(29)25(28)22-12-9-20(5)10-13-22/h9-14,17-19,28-29H,6-8,15-16H2,1-5H3. The Morgan fingerprint density at radius 2 is 1.52 bits per heavy atom. The first-order valence-electron chi connectivity index (χ1n) is 10.7. The molecule has 0 radical (unpaired) electrons. The first-order valence-corrected chi connectivity index (χ1v) is 11.6. The molecule has 0 heterocycles. The molecule has 2 aromatic rings. The molecular weight excluding hydrogens is 392 g/mol. The average Bonchev–Trinajstić information content (AvgIpc) is 2.67. The quantitative estimate of drug-likeness (QED) is 0.287. The summed E-state index contributed by atoms with van der Waals surface area (Å²) < 4.78 is 6.15. The van der Waals surface area contributed by atoms with Crippen molar-refractivity contribution in [3.05, 3.63) is 64.7 Å². The second-order valence-electron chi connectivity index (χ2n) is 8.71. The molecule has 158 valence electrons. The number of thiol groups is 2. The van der Waals surface area contributed by atoms with Gasteiger partial charge < -0.3 is 4.74 Å². The Morgan fingerprint density at radius 1 is 0.862 bits per heavy atom. The van der Waals surface area contributed by atoms with E-state index in [0.717, 1.165) is 45.4 Å². The van der Waals surface area contributed by atoms with Crippen LogP contribution < -0.4 is 4.74 Å². The molecule has 0 amide bonds. The summed E-state index contributed by atoms with van der Waals surface area (Å²) >= 11 is 9.69. The number of rotatable bonds is 10. The van der Waals surface area contributed by atoms with Crippen LogP contribution in [-0.4, -0.2) is 6.61 Å². The molecule has 0 saturated heterocycles. The zero-order valence-electron chi connectivity index (χ0n) is 18.5. The highest BCUT2D eigenvalue weighted by atomic mass is 32.1. The van der Waals surface area contributed by atoms with Crippen molar-refractivity contribution in [2.45, 2.75) is 60.3 Å². The van der Waals surface area contributed by atoms with E-state index in [9.17, 15) is 0 Å². The van der Waals surface area contributed by atoms with E-state index in [-0.39, 0.29) is 0 Å². The number of hydrogen-bond donors (Lipinski definition) is 2. The second-order valence-corrected chi connectivity index (χ2v) is 9.61. The van der Waals surface area contributed by atoms with Gasteiger partial charge in [-0.1, -0.05) is 70.0 Å². The molecule has 0 bridgehead atoms. The van der Waals surface area contributed by atoms with Gasteiger partial charge in [-0.05, 0) is 61.3 Å². The van der Waals surface area contributed by atoms with Crippen molar-refractivity contribution in [3.63, 3.8) is 0 Å². The molecule has 0 aliphatic heterocycles. The Bertz CT molecular complexity index is 804. The number of aryl methyl sites for hydroxylation is 2. The van der Waals surface area contributed by atoms with E-state index in [1.54, 1.807) is 0 Å². The van der Waals surface area contributed by atoms with Gasteiger partial charge in [-0.2, -0.15) is 0 Å². The average molecular weight is 429 g/mol. The van der Waals surface area contributed by atoms with Crippen molar-refractivity contribution < 1.29 is 4.74 Å². The van der Waals surface area contributed by atoms with Gasteiger partial charge in [-0.3, -0.25) is 0 Å². The van der Waals surface area contributed by atoms with E-state index in [4.69, 9.17) is 30.0 Å². The lowest BCUT2D eigenvalue weighted by Crippen LogP contribution is -2.03. The maximum absolute atomic E-state index is 6.15. The Kier molecular flexibility index (Phi) is 9.71. The topological polar surface area (TPSA) is 9.23 Å². The summed E-state index contributed by atoms with van der Waals surface area (Å²) in [7, 11) is 0. The summed E-state index contributed by atoms with van der Waals surface area (Å²) in [6.45, 7) is 11.8. The van der Waals surface area contributed by atoms with Crippen LogP contribution in [0.25, 0.3) is 9.81 Å². The third-order valence-corrected chi connectivity index (χ3v) is 6.17. The minimum Gasteiger partial charge on any atom is -0.493 e. The van der Waals surface area contributed by atoms with Crippen molar-refractivity contribution in [2.24, 2.45) is 11.8 Å². The summed E-state index contributed by atoms with van der Waals surface area (Å²) in [6.07, 6.45) is 4.55. The third kappa shape index (κ3) is 7.79. The monoisotopic (exact) mass is 428 g/mol. The van der Waals surface area contributed by atoms with Crippen molar-refractivity contribution >= 4 is 35.1 Å². The molecule has 0 spiro atoms. The molecular formula is C26H36OS2. The fourth-order valence-corrected chi connectivity index (χ4v) is 3.71. The maximum atomic E-state index is 6.15. The molecule has 0 N–H and O–H groups in total. The predicted molar refractivity (Wildman–Crippen MR) is 135 cm³/mol. The summed E-state index contributed by atoms with van der Waals surface area (Å²) in [5.74, 6) is 2.24. The lowest BCUT2D eigenvalue weighted by atomic mass is 10.00. The minimum absolute atomic E-state index is 0.618. The zero-order chi connectivity index (χ0) is 21.4. The number of hydrogen-bond acceptors (Lipinski definition) is 3. The Morgan fingerprint density at radius 3 is 2.14 bits per heavy atom. The molecule has 0 atom stereocenters. The Hall–Kier alpha value is -1.32. The molecule has 0 aliphatic rings. The van der Waals surface area contributed by atoms with Gasteiger partial charge in [0.1, 0.15) is 5.75 Å². The highest BCUT2D eigenvalue weighted by Gasteiger charge is 2.13. The van der Waals surface area contributed by atoms with E-state index in [1.807, 2.05) is 0 Å². The molecule has 0 aromatic heterocycles. The lowest BCUT2D eigenvalue weighted by Gasteiger charge is -2.16. The molecule has 0 unspecified atom stereocenters. The Balaban J connectivity index is 2.34. The maximum Gasteiger partial charge on any atom is 0.127 e. The van der Waals surface area contributed by atoms with E-state index >= 15 is 0 Å². The molecule has 2 aromatic carbocycles. The van der Waals surface area contributed by atoms with E-state index in [0.29, 0.717) is 12.5 Å². The van der Waals surface area contributed by atoms with Crippen LogP contribution in [0, 0.1) is 18.8 Å². The minimum atomic E-state index is 0.618. The molecule has 1 nitrogen and oxygen atoms in total. The summed E-state index contributed by atoms with van der Waals surface area (Å²) in [5.41, 5.74) is 4.67. The van der Waals surface area contributed by atoms with Crippen LogP contribution in [0.2, 0.25) is 0 Å². The zero-order valence-corrected chi connectivity index (χ0v) is 20.3. The molecule has 2 rings (SSSR count). The van der Waals surface area contributed by atoms with Gasteiger partial charge in [-0.25, -0.2) is 0 Å². The molecule has 3 heteroatoms. The van der Waals surface area contributed by atoms with Gasteiger partial charge in [0.25, 0.3) is 0 Å². The summed E-state index contributed by atoms with van der Waals surface area (Å²) in [4.78, 5) is 1.74. The van der Waals surface area contributed by atoms with Gasteiger partial charge in [-0.15, -0.1) is 25.3 Å². The van der Waals surface area contributed by atoms with Gasteiger partial charge in [0.2, 0.25) is 0 Å². The van der Waals surface area contributed by atoms with Crippen molar-refractivity contribution in [1.29, 1.82) is 0 Å². The van der Waals surface area contributed by atoms with Crippen LogP contribution in [0.3, 0.4) is 0 Å². The van der Waals surface area contributed by atoms with Crippen LogP contribution in [-0.2, 0) is 6.42 Å². The molecule has 29 heavy (non-hydrogen) atoms. The number of ether oxygens (including phenoxy) is 1. The van der Waals surface area contributed by atoms with Crippen molar-refractivity contribution in [3.8, 4) is 5.75 Å². The lowest BCUT2D eigenvalue weighted by molar-refractivity contribution is 0.289. The van der Waals surface area contributed by atoms with Crippen LogP contribution in [0.15, 0.2) is 42.5 Å². The fraction of sp³-hybridized carbons (Fsp3) is 0.462. The normalized spacial score (nSPS) is 12.4. The summed E-state index contributed by atoms with van der Waals surface area (Å²) in [5, 5.41) is 0. The molecule has 0 aliphatic carbocycles. The first-order chi connectivity index (χ1) is 13.8. The summed E-state index contributed by atoms with van der Waals surface area (Å²) in [6, 6.07) is 14.9. The molecule has 0 saturated carbocycles. The molecule has 0 fully saturated rings. The van der Waals surface area contributed by atoms with E-state index in [2.05, 4.69) is 77.1 Å². The fourth-order valence-electron chi connectivity index (χ4n) is 3.14. The predicted octanol–water partition coefficient (Wildman–Crippen LogP) is 8.08. The second kappa shape index (κ2) is 11.8. The van der Waals surface area contributed by atoms with Gasteiger partial charge in [0.15, 0.2) is 0 Å². The third-order valence-electron chi connectivity index (χ3n) is 5.05. The number of benzene rings is 2. The highest BCUT2D eigenvalue weighted by Crippen LogP contribution is 2.37. The van der Waals surface area contributed by atoms with E-state index < -0.39 is 0 Å². The van der Waals surface area contributed by atoms with Crippen LogP contribution in [0.5, 0.6) is 5.75 Å². The SMILES string of the molecule is Cc1ccc(C(S)=C(S)c2cc(CCCC(C)C)ccc2OCCC(C)C)cc1. The van der Waals surface area contributed by atoms with Crippen molar-refractivity contribution in [1.82, 2.24) is 0 Å². The smallest absolute Gasteiger partial charge is 0.127 e. The van der Waals surface area contributed by atoms with Crippen LogP contribution in [0.4, 0.5) is 0 Å². The highest BCUT2D eigenvalue weighted by molar-refractivity contribution is 7.96. The Labute approximate surface area is 188 Å². The van der Waals surface area contributed by atoms with Crippen LogP contribution >= 0.6 is 25.3 Å². The van der Waals surface area contributed by atoms with Gasteiger partial charge in [0.05, 0.1) is 6.61 Å².